The molecular formula is C23H27N5O2S. The van der Waals surface area contributed by atoms with E-state index in [0.717, 1.165) is 17.9 Å². The van der Waals surface area contributed by atoms with E-state index in [2.05, 4.69) is 42.2 Å². The summed E-state index contributed by atoms with van der Waals surface area (Å²) >= 11 is 1.31. The summed E-state index contributed by atoms with van der Waals surface area (Å²) in [5.74, 6) is 7.94. The largest absolute Gasteiger partial charge is 0.486 e. The van der Waals surface area contributed by atoms with Gasteiger partial charge in [-0.2, -0.15) is 0 Å². The summed E-state index contributed by atoms with van der Waals surface area (Å²) in [5, 5.41) is 8.45. The molecule has 0 bridgehead atoms. The van der Waals surface area contributed by atoms with Gasteiger partial charge in [0.25, 0.3) is 0 Å². The highest BCUT2D eigenvalue weighted by atomic mass is 32.2. The first-order chi connectivity index (χ1) is 14.9. The van der Waals surface area contributed by atoms with Crippen molar-refractivity contribution in [2.45, 2.75) is 50.1 Å². The zero-order valence-corrected chi connectivity index (χ0v) is 18.8. The predicted octanol–water partition coefficient (Wildman–Crippen LogP) is 3.76. The number of hydrogen-bond donors (Lipinski definition) is 1. The van der Waals surface area contributed by atoms with Gasteiger partial charge in [-0.1, -0.05) is 55.9 Å². The van der Waals surface area contributed by atoms with Crippen molar-refractivity contribution in [3.05, 3.63) is 65.5 Å². The maximum Gasteiger partial charge on any atom is 0.240 e. The molecule has 162 valence electrons. The zero-order chi connectivity index (χ0) is 22.0. The number of para-hydroxylation sites is 1. The minimum absolute atomic E-state index is 0.0426. The molecular weight excluding hydrogens is 410 g/mol. The van der Waals surface area contributed by atoms with Crippen LogP contribution in [0.3, 0.4) is 0 Å². The number of anilines is 1. The number of aromatic nitrogens is 3. The van der Waals surface area contributed by atoms with Crippen molar-refractivity contribution >= 4 is 23.4 Å². The fourth-order valence-electron chi connectivity index (χ4n) is 3.58. The minimum atomic E-state index is -0.338. The second-order valence-corrected chi connectivity index (χ2v) is 9.22. The number of rotatable bonds is 7. The van der Waals surface area contributed by atoms with Crippen molar-refractivity contribution in [2.24, 2.45) is 0 Å². The van der Waals surface area contributed by atoms with E-state index in [1.54, 1.807) is 0 Å². The van der Waals surface area contributed by atoms with Gasteiger partial charge in [-0.25, -0.2) is 4.68 Å². The fourth-order valence-corrected chi connectivity index (χ4v) is 4.43. The number of nitrogen functional groups attached to an aromatic ring is 1. The molecule has 1 unspecified atom stereocenters. The average molecular weight is 438 g/mol. The maximum atomic E-state index is 13.0. The van der Waals surface area contributed by atoms with Gasteiger partial charge in [0.2, 0.25) is 11.1 Å². The molecule has 2 N–H and O–H groups in total. The van der Waals surface area contributed by atoms with Crippen molar-refractivity contribution in [2.75, 3.05) is 17.3 Å². The molecule has 1 aliphatic heterocycles. The third-order valence-corrected chi connectivity index (χ3v) is 6.48. The monoisotopic (exact) mass is 437 g/mol. The lowest BCUT2D eigenvalue weighted by atomic mass is 10.0. The van der Waals surface area contributed by atoms with Gasteiger partial charge < -0.3 is 15.5 Å². The van der Waals surface area contributed by atoms with Crippen molar-refractivity contribution in [3.8, 4) is 5.75 Å². The lowest BCUT2D eigenvalue weighted by molar-refractivity contribution is -0.117. The van der Waals surface area contributed by atoms with Crippen LogP contribution in [0.25, 0.3) is 0 Å². The number of ether oxygens (including phenoxy) is 1. The normalized spacial score (nSPS) is 14.0. The van der Waals surface area contributed by atoms with Gasteiger partial charge in [-0.15, -0.1) is 10.2 Å². The molecule has 8 heteroatoms. The van der Waals surface area contributed by atoms with Gasteiger partial charge in [0.1, 0.15) is 12.4 Å². The number of hydrogen-bond acceptors (Lipinski definition) is 6. The maximum absolute atomic E-state index is 13.0. The smallest absolute Gasteiger partial charge is 0.240 e. The first-order valence-electron chi connectivity index (χ1n) is 10.4. The number of thioether (sulfide) groups is 1. The Morgan fingerprint density at radius 2 is 1.87 bits per heavy atom. The Balaban J connectivity index is 1.37. The van der Waals surface area contributed by atoms with E-state index in [1.165, 1.54) is 27.6 Å². The molecule has 1 atom stereocenters. The van der Waals surface area contributed by atoms with Crippen LogP contribution < -0.4 is 15.5 Å². The Bertz CT molecular complexity index is 1060. The number of fused-ring (bicyclic) bond motifs is 1. The van der Waals surface area contributed by atoms with Gasteiger partial charge in [0.15, 0.2) is 5.82 Å². The quantitative estimate of drug-likeness (QED) is 0.447. The Morgan fingerprint density at radius 3 is 2.61 bits per heavy atom. The summed E-state index contributed by atoms with van der Waals surface area (Å²) in [6.07, 6.45) is 0.881. The molecule has 4 rings (SSSR count). The van der Waals surface area contributed by atoms with Crippen LogP contribution in [0, 0.1) is 0 Å². The van der Waals surface area contributed by atoms with Crippen LogP contribution in [0.5, 0.6) is 5.75 Å². The number of carbonyl (C=O) groups is 1. The molecule has 0 saturated heterocycles. The van der Waals surface area contributed by atoms with Crippen LogP contribution in [0.15, 0.2) is 53.7 Å². The summed E-state index contributed by atoms with van der Waals surface area (Å²) in [5.41, 5.74) is 3.45. The number of nitrogens with zero attached hydrogens (tertiary/aromatic N) is 4. The highest BCUT2D eigenvalue weighted by molar-refractivity contribution is 8.00. The van der Waals surface area contributed by atoms with Crippen molar-refractivity contribution in [1.29, 1.82) is 0 Å². The predicted molar refractivity (Wildman–Crippen MR) is 123 cm³/mol. The average Bonchev–Trinajstić information content (AvgIpc) is 3.36. The van der Waals surface area contributed by atoms with E-state index in [9.17, 15) is 4.79 Å². The van der Waals surface area contributed by atoms with Gasteiger partial charge in [-0.05, 0) is 48.6 Å². The third-order valence-electron chi connectivity index (χ3n) is 5.43. The molecule has 0 radical (unpaired) electrons. The van der Waals surface area contributed by atoms with Crippen LogP contribution in [0.1, 0.15) is 43.6 Å². The topological polar surface area (TPSA) is 86.3 Å². The van der Waals surface area contributed by atoms with E-state index in [4.69, 9.17) is 10.6 Å². The van der Waals surface area contributed by atoms with E-state index in [0.29, 0.717) is 23.4 Å². The van der Waals surface area contributed by atoms with Gasteiger partial charge in [0, 0.05) is 12.2 Å². The summed E-state index contributed by atoms with van der Waals surface area (Å²) in [7, 11) is 0. The Kier molecular flexibility index (Phi) is 6.18. The summed E-state index contributed by atoms with van der Waals surface area (Å²) in [6, 6.07) is 16.0. The molecule has 1 aliphatic rings. The van der Waals surface area contributed by atoms with E-state index < -0.39 is 0 Å². The lowest BCUT2D eigenvalue weighted by Gasteiger charge is -2.21. The second kappa shape index (κ2) is 9.01. The van der Waals surface area contributed by atoms with Gasteiger partial charge >= 0.3 is 0 Å². The van der Waals surface area contributed by atoms with Crippen molar-refractivity contribution in [1.82, 2.24) is 14.9 Å². The second-order valence-electron chi connectivity index (χ2n) is 7.91. The molecule has 0 aliphatic carbocycles. The molecule has 1 amide bonds. The van der Waals surface area contributed by atoms with Crippen LogP contribution in [-0.4, -0.2) is 32.6 Å². The number of carbonyl (C=O) groups excluding carboxylic acids is 1. The highest BCUT2D eigenvalue weighted by Crippen LogP contribution is 2.31. The van der Waals surface area contributed by atoms with Crippen LogP contribution >= 0.6 is 11.8 Å². The molecule has 0 saturated carbocycles. The SMILES string of the molecule is CC(Sc1nnc(COc2ccc(C(C)C)cc2)n1N)C(=O)N1CCc2ccccc21. The van der Waals surface area contributed by atoms with Gasteiger partial charge in [-0.3, -0.25) is 4.79 Å². The molecule has 31 heavy (non-hydrogen) atoms. The molecule has 1 aromatic heterocycles. The standard InChI is InChI=1S/C23H27N5O2S/c1-15(2)17-8-10-19(11-9-17)30-14-21-25-26-23(28(21)24)31-16(3)22(29)27-13-12-18-6-4-5-7-20(18)27/h4-11,15-16H,12-14,24H2,1-3H3. The van der Waals surface area contributed by atoms with E-state index >= 15 is 0 Å². The molecule has 2 heterocycles. The first-order valence-corrected chi connectivity index (χ1v) is 11.3. The number of benzene rings is 2. The Hall–Kier alpha value is -3.00. The van der Waals surface area contributed by atoms with Crippen molar-refractivity contribution in [3.63, 3.8) is 0 Å². The van der Waals surface area contributed by atoms with Crippen molar-refractivity contribution < 1.29 is 9.53 Å². The molecule has 3 aromatic rings. The molecule has 7 nitrogen and oxygen atoms in total. The summed E-state index contributed by atoms with van der Waals surface area (Å²) in [4.78, 5) is 14.8. The molecule has 2 aromatic carbocycles. The number of nitrogens with two attached hydrogens (primary N) is 1. The first kappa shape index (κ1) is 21.2. The van der Waals surface area contributed by atoms with E-state index in [1.807, 2.05) is 42.2 Å². The summed E-state index contributed by atoms with van der Waals surface area (Å²) < 4.78 is 7.20. The van der Waals surface area contributed by atoms with Crippen LogP contribution in [0.4, 0.5) is 5.69 Å². The molecule has 0 spiro atoms. The molecule has 0 fully saturated rings. The Morgan fingerprint density at radius 1 is 1.13 bits per heavy atom. The van der Waals surface area contributed by atoms with Crippen LogP contribution in [0.2, 0.25) is 0 Å². The Labute approximate surface area is 186 Å². The van der Waals surface area contributed by atoms with Crippen LogP contribution in [-0.2, 0) is 17.8 Å². The number of amides is 1. The minimum Gasteiger partial charge on any atom is -0.486 e. The lowest BCUT2D eigenvalue weighted by Crippen LogP contribution is -2.35. The fraction of sp³-hybridized carbons (Fsp3) is 0.348. The van der Waals surface area contributed by atoms with E-state index in [-0.39, 0.29) is 17.8 Å². The third kappa shape index (κ3) is 4.54. The highest BCUT2D eigenvalue weighted by Gasteiger charge is 2.29. The van der Waals surface area contributed by atoms with Gasteiger partial charge in [0.05, 0.1) is 5.25 Å². The zero-order valence-electron chi connectivity index (χ0n) is 18.0. The summed E-state index contributed by atoms with van der Waals surface area (Å²) in [6.45, 7) is 7.08.